The predicted molar refractivity (Wildman–Crippen MR) is 83.3 cm³/mol. The summed E-state index contributed by atoms with van der Waals surface area (Å²) in [4.78, 5) is 0. The number of hydrogen-bond acceptors (Lipinski definition) is 2. The second-order valence-corrected chi connectivity index (χ2v) is 6.90. The number of hydrogen-bond donors (Lipinski definition) is 1. The van der Waals surface area contributed by atoms with Gasteiger partial charge in [-0.05, 0) is 45.4 Å². The van der Waals surface area contributed by atoms with Gasteiger partial charge >= 0.3 is 0 Å². The third-order valence-corrected chi connectivity index (χ3v) is 5.08. The highest BCUT2D eigenvalue weighted by Gasteiger charge is 2.25. The molecule has 1 N–H and O–H groups in total. The zero-order valence-electron chi connectivity index (χ0n) is 13.3. The highest BCUT2D eigenvalue weighted by Crippen LogP contribution is 2.32. The molecule has 112 valence electrons. The number of rotatable bonds is 5. The zero-order chi connectivity index (χ0) is 14.1. The molecule has 0 radical (unpaired) electrons. The van der Waals surface area contributed by atoms with Gasteiger partial charge in [-0.3, -0.25) is 4.68 Å². The Morgan fingerprint density at radius 2 is 1.85 bits per heavy atom. The van der Waals surface area contributed by atoms with Crippen LogP contribution in [0.3, 0.4) is 0 Å². The topological polar surface area (TPSA) is 29.9 Å². The van der Waals surface area contributed by atoms with Crippen molar-refractivity contribution in [3.63, 3.8) is 0 Å². The van der Waals surface area contributed by atoms with E-state index in [2.05, 4.69) is 30.8 Å². The SMILES string of the molecule is Cc1nn(C2CCCCC2)c(C)c1C(C)CNC1CC1. The maximum atomic E-state index is 4.89. The molecule has 1 unspecified atom stereocenters. The molecule has 2 aliphatic rings. The summed E-state index contributed by atoms with van der Waals surface area (Å²) >= 11 is 0. The quantitative estimate of drug-likeness (QED) is 0.884. The summed E-state index contributed by atoms with van der Waals surface area (Å²) in [6, 6.07) is 1.45. The van der Waals surface area contributed by atoms with E-state index in [0.29, 0.717) is 12.0 Å². The minimum atomic E-state index is 0.577. The minimum Gasteiger partial charge on any atom is -0.313 e. The summed E-state index contributed by atoms with van der Waals surface area (Å²) in [6.07, 6.45) is 9.52. The smallest absolute Gasteiger partial charge is 0.0631 e. The molecule has 3 heteroatoms. The fourth-order valence-corrected chi connectivity index (χ4v) is 3.80. The van der Waals surface area contributed by atoms with Crippen LogP contribution in [-0.4, -0.2) is 22.4 Å². The number of nitrogens with zero attached hydrogens (tertiary/aromatic N) is 2. The van der Waals surface area contributed by atoms with Crippen molar-refractivity contribution >= 4 is 0 Å². The average molecular weight is 275 g/mol. The lowest BCUT2D eigenvalue weighted by Gasteiger charge is -2.23. The molecule has 1 aromatic rings. The summed E-state index contributed by atoms with van der Waals surface area (Å²) in [5.74, 6) is 0.577. The standard InChI is InChI=1S/C17H29N3/c1-12(11-18-15-9-10-15)17-13(2)19-20(14(17)3)16-7-5-4-6-8-16/h12,15-16,18H,4-11H2,1-3H3. The highest BCUT2D eigenvalue weighted by molar-refractivity contribution is 5.29. The van der Waals surface area contributed by atoms with Crippen molar-refractivity contribution in [3.8, 4) is 0 Å². The van der Waals surface area contributed by atoms with Crippen LogP contribution in [0, 0.1) is 13.8 Å². The third-order valence-electron chi connectivity index (χ3n) is 5.08. The van der Waals surface area contributed by atoms with E-state index in [1.807, 2.05) is 0 Å². The maximum Gasteiger partial charge on any atom is 0.0631 e. The van der Waals surface area contributed by atoms with Crippen molar-refractivity contribution in [2.75, 3.05) is 6.54 Å². The summed E-state index contributed by atoms with van der Waals surface area (Å²) < 4.78 is 2.34. The second kappa shape index (κ2) is 5.88. The van der Waals surface area contributed by atoms with Crippen molar-refractivity contribution in [2.45, 2.75) is 83.7 Å². The van der Waals surface area contributed by atoms with Gasteiger partial charge < -0.3 is 5.32 Å². The zero-order valence-corrected chi connectivity index (χ0v) is 13.3. The number of aromatic nitrogens is 2. The molecule has 20 heavy (non-hydrogen) atoms. The van der Waals surface area contributed by atoms with Crippen molar-refractivity contribution in [1.29, 1.82) is 0 Å². The van der Waals surface area contributed by atoms with Gasteiger partial charge in [-0.2, -0.15) is 5.10 Å². The molecule has 1 heterocycles. The Morgan fingerprint density at radius 3 is 2.50 bits per heavy atom. The molecule has 1 aromatic heterocycles. The minimum absolute atomic E-state index is 0.577. The molecule has 3 nitrogen and oxygen atoms in total. The molecule has 0 amide bonds. The summed E-state index contributed by atoms with van der Waals surface area (Å²) in [6.45, 7) is 7.91. The molecule has 0 aromatic carbocycles. The van der Waals surface area contributed by atoms with Crippen LogP contribution in [0.2, 0.25) is 0 Å². The van der Waals surface area contributed by atoms with Crippen LogP contribution in [0.1, 0.15) is 80.8 Å². The third kappa shape index (κ3) is 2.93. The van der Waals surface area contributed by atoms with Gasteiger partial charge in [0.05, 0.1) is 11.7 Å². The second-order valence-electron chi connectivity index (χ2n) is 6.90. The van der Waals surface area contributed by atoms with Crippen LogP contribution >= 0.6 is 0 Å². The van der Waals surface area contributed by atoms with Crippen LogP contribution in [-0.2, 0) is 0 Å². The van der Waals surface area contributed by atoms with Gasteiger partial charge in [0, 0.05) is 23.8 Å². The molecule has 0 spiro atoms. The first-order chi connectivity index (χ1) is 9.66. The maximum absolute atomic E-state index is 4.89. The largest absolute Gasteiger partial charge is 0.313 e. The summed E-state index contributed by atoms with van der Waals surface area (Å²) in [5.41, 5.74) is 4.15. The van der Waals surface area contributed by atoms with Crippen LogP contribution in [0.15, 0.2) is 0 Å². The summed E-state index contributed by atoms with van der Waals surface area (Å²) in [7, 11) is 0. The fourth-order valence-electron chi connectivity index (χ4n) is 3.80. The molecule has 1 atom stereocenters. The van der Waals surface area contributed by atoms with Gasteiger partial charge in [-0.25, -0.2) is 0 Å². The van der Waals surface area contributed by atoms with Gasteiger partial charge in [0.2, 0.25) is 0 Å². The molecule has 0 bridgehead atoms. The molecule has 2 aliphatic carbocycles. The summed E-state index contributed by atoms with van der Waals surface area (Å²) in [5, 5.41) is 8.55. The van der Waals surface area contributed by atoms with Gasteiger partial charge in [-0.1, -0.05) is 26.2 Å². The Bertz CT molecular complexity index is 453. The lowest BCUT2D eigenvalue weighted by molar-refractivity contribution is 0.323. The molecule has 0 aliphatic heterocycles. The lowest BCUT2D eigenvalue weighted by Crippen LogP contribution is -2.22. The highest BCUT2D eigenvalue weighted by atomic mass is 15.3. The van der Waals surface area contributed by atoms with Crippen LogP contribution in [0.25, 0.3) is 0 Å². The number of nitrogens with one attached hydrogen (secondary N) is 1. The molecule has 2 saturated carbocycles. The van der Waals surface area contributed by atoms with Crippen LogP contribution in [0.5, 0.6) is 0 Å². The van der Waals surface area contributed by atoms with Gasteiger partial charge in [0.1, 0.15) is 0 Å². The van der Waals surface area contributed by atoms with Crippen LogP contribution < -0.4 is 5.32 Å². The van der Waals surface area contributed by atoms with E-state index in [9.17, 15) is 0 Å². The van der Waals surface area contributed by atoms with E-state index in [0.717, 1.165) is 12.6 Å². The van der Waals surface area contributed by atoms with Crippen molar-refractivity contribution in [2.24, 2.45) is 0 Å². The van der Waals surface area contributed by atoms with E-state index in [4.69, 9.17) is 5.10 Å². The predicted octanol–water partition coefficient (Wildman–Crippen LogP) is 3.86. The molecular formula is C17H29N3. The Balaban J connectivity index is 1.74. The first-order valence-corrected chi connectivity index (χ1v) is 8.45. The van der Waals surface area contributed by atoms with Crippen molar-refractivity contribution in [1.82, 2.24) is 15.1 Å². The Kier molecular flexibility index (Phi) is 4.16. The van der Waals surface area contributed by atoms with Crippen molar-refractivity contribution in [3.05, 3.63) is 17.0 Å². The van der Waals surface area contributed by atoms with Crippen LogP contribution in [0.4, 0.5) is 0 Å². The Hall–Kier alpha value is -0.830. The van der Waals surface area contributed by atoms with E-state index >= 15 is 0 Å². The molecule has 2 fully saturated rings. The Labute approximate surface area is 123 Å². The van der Waals surface area contributed by atoms with E-state index in [-0.39, 0.29) is 0 Å². The molecule has 0 saturated heterocycles. The Morgan fingerprint density at radius 1 is 1.15 bits per heavy atom. The first kappa shape index (κ1) is 14.1. The fraction of sp³-hybridized carbons (Fsp3) is 0.824. The molecule has 3 rings (SSSR count). The number of aryl methyl sites for hydroxylation is 1. The lowest BCUT2D eigenvalue weighted by atomic mass is 9.94. The average Bonchev–Trinajstić information content (AvgIpc) is 3.23. The van der Waals surface area contributed by atoms with E-state index in [1.165, 1.54) is 61.9 Å². The van der Waals surface area contributed by atoms with Gasteiger partial charge in [0.15, 0.2) is 0 Å². The van der Waals surface area contributed by atoms with Gasteiger partial charge in [0.25, 0.3) is 0 Å². The monoisotopic (exact) mass is 275 g/mol. The van der Waals surface area contributed by atoms with Crippen molar-refractivity contribution < 1.29 is 0 Å². The molecular weight excluding hydrogens is 246 g/mol. The first-order valence-electron chi connectivity index (χ1n) is 8.45. The van der Waals surface area contributed by atoms with E-state index < -0.39 is 0 Å². The van der Waals surface area contributed by atoms with E-state index in [1.54, 1.807) is 0 Å². The normalized spacial score (nSPS) is 22.1. The van der Waals surface area contributed by atoms with Gasteiger partial charge in [-0.15, -0.1) is 0 Å².